The van der Waals surface area contributed by atoms with E-state index in [9.17, 15) is 14.4 Å². The highest BCUT2D eigenvalue weighted by molar-refractivity contribution is 5.80. The molecular formula is C18H25NO7. The van der Waals surface area contributed by atoms with E-state index in [1.54, 1.807) is 20.8 Å². The number of carbonyl (C=O) groups excluding carboxylic acids is 3. The predicted molar refractivity (Wildman–Crippen MR) is 92.0 cm³/mol. The van der Waals surface area contributed by atoms with Crippen molar-refractivity contribution in [1.82, 2.24) is 5.32 Å². The molecule has 0 aliphatic heterocycles. The number of rotatable bonds is 9. The van der Waals surface area contributed by atoms with Crippen LogP contribution in [0.1, 0.15) is 33.3 Å². The number of carbonyl (C=O) groups is 3. The van der Waals surface area contributed by atoms with Crippen molar-refractivity contribution in [2.75, 3.05) is 13.2 Å². The van der Waals surface area contributed by atoms with Gasteiger partial charge in [-0.2, -0.15) is 0 Å². The number of ether oxygens (including phenoxy) is 2. The Labute approximate surface area is 152 Å². The Hall–Kier alpha value is -2.45. The van der Waals surface area contributed by atoms with Gasteiger partial charge in [0, 0.05) is 0 Å². The highest BCUT2D eigenvalue weighted by Gasteiger charge is 2.30. The van der Waals surface area contributed by atoms with Crippen molar-refractivity contribution in [2.45, 2.75) is 45.5 Å². The van der Waals surface area contributed by atoms with Crippen LogP contribution in [-0.2, 0) is 35.4 Å². The van der Waals surface area contributed by atoms with Gasteiger partial charge in [0.25, 0.3) is 0 Å². The third kappa shape index (κ3) is 9.14. The standard InChI is InChI=1S/C18H25NO7/c1-17(2,3)26-16(22)19-10-15(21)25-18(4,12-20)13-24-23-11-14-8-6-5-7-9-14/h5-9,12H,10-11,13H2,1-4H3,(H,19,22). The second-order valence-corrected chi connectivity index (χ2v) is 6.77. The van der Waals surface area contributed by atoms with Gasteiger partial charge in [0.1, 0.15) is 25.4 Å². The van der Waals surface area contributed by atoms with Crippen molar-refractivity contribution < 1.29 is 33.6 Å². The second kappa shape index (κ2) is 9.88. The maximum absolute atomic E-state index is 11.8. The maximum Gasteiger partial charge on any atom is 0.408 e. The highest BCUT2D eigenvalue weighted by Crippen LogP contribution is 2.10. The van der Waals surface area contributed by atoms with E-state index >= 15 is 0 Å². The summed E-state index contributed by atoms with van der Waals surface area (Å²) >= 11 is 0. The summed E-state index contributed by atoms with van der Waals surface area (Å²) in [5.74, 6) is -0.808. The van der Waals surface area contributed by atoms with E-state index < -0.39 is 29.8 Å². The molecule has 26 heavy (non-hydrogen) atoms. The maximum atomic E-state index is 11.8. The van der Waals surface area contributed by atoms with Crippen LogP contribution in [0.2, 0.25) is 0 Å². The fourth-order valence-corrected chi connectivity index (χ4v) is 1.68. The molecular weight excluding hydrogens is 342 g/mol. The summed E-state index contributed by atoms with van der Waals surface area (Å²) in [6.45, 7) is 5.91. The van der Waals surface area contributed by atoms with Crippen molar-refractivity contribution in [3.05, 3.63) is 35.9 Å². The minimum atomic E-state index is -1.54. The Balaban J connectivity index is 2.35. The third-order valence-electron chi connectivity index (χ3n) is 2.87. The van der Waals surface area contributed by atoms with E-state index in [1.807, 2.05) is 30.3 Å². The first-order valence-corrected chi connectivity index (χ1v) is 8.07. The molecule has 1 N–H and O–H groups in total. The molecule has 1 atom stereocenters. The summed E-state index contributed by atoms with van der Waals surface area (Å²) in [4.78, 5) is 44.5. The van der Waals surface area contributed by atoms with Crippen LogP contribution in [0.25, 0.3) is 0 Å². The largest absolute Gasteiger partial charge is 0.448 e. The highest BCUT2D eigenvalue weighted by atomic mass is 17.2. The molecule has 0 bridgehead atoms. The van der Waals surface area contributed by atoms with Gasteiger partial charge in [-0.15, -0.1) is 0 Å². The van der Waals surface area contributed by atoms with E-state index in [-0.39, 0.29) is 13.2 Å². The van der Waals surface area contributed by atoms with Gasteiger partial charge in [-0.25, -0.2) is 14.6 Å². The van der Waals surface area contributed by atoms with Crippen molar-refractivity contribution in [2.24, 2.45) is 0 Å². The lowest BCUT2D eigenvalue weighted by atomic mass is 10.1. The van der Waals surface area contributed by atoms with Gasteiger partial charge >= 0.3 is 12.1 Å². The summed E-state index contributed by atoms with van der Waals surface area (Å²) in [6.07, 6.45) is -0.325. The first-order valence-electron chi connectivity index (χ1n) is 8.07. The Morgan fingerprint density at radius 3 is 2.27 bits per heavy atom. The molecule has 1 unspecified atom stereocenters. The summed E-state index contributed by atoms with van der Waals surface area (Å²) in [7, 11) is 0. The van der Waals surface area contributed by atoms with Gasteiger partial charge in [0.2, 0.25) is 0 Å². The van der Waals surface area contributed by atoms with Crippen LogP contribution in [-0.4, -0.2) is 42.7 Å². The van der Waals surface area contributed by atoms with Crippen LogP contribution in [0.15, 0.2) is 30.3 Å². The zero-order chi connectivity index (χ0) is 19.6. The van der Waals surface area contributed by atoms with E-state index in [0.717, 1.165) is 5.56 Å². The van der Waals surface area contributed by atoms with Crippen molar-refractivity contribution in [3.63, 3.8) is 0 Å². The molecule has 1 rings (SSSR count). The Bertz CT molecular complexity index is 597. The number of esters is 1. The average Bonchev–Trinajstić information content (AvgIpc) is 2.56. The number of aldehydes is 1. The SMILES string of the molecule is CC(C)(C)OC(=O)NCC(=O)OC(C)(C=O)COOCc1ccccc1. The monoisotopic (exact) mass is 367 g/mol. The zero-order valence-corrected chi connectivity index (χ0v) is 15.4. The molecule has 0 saturated heterocycles. The van der Waals surface area contributed by atoms with Crippen LogP contribution in [0.3, 0.4) is 0 Å². The lowest BCUT2D eigenvalue weighted by molar-refractivity contribution is -0.320. The van der Waals surface area contributed by atoms with Gasteiger partial charge in [-0.1, -0.05) is 30.3 Å². The average molecular weight is 367 g/mol. The quantitative estimate of drug-likeness (QED) is 0.235. The zero-order valence-electron chi connectivity index (χ0n) is 15.4. The normalized spacial score (nSPS) is 13.4. The molecule has 8 nitrogen and oxygen atoms in total. The van der Waals surface area contributed by atoms with Crippen LogP contribution < -0.4 is 5.32 Å². The fourth-order valence-electron chi connectivity index (χ4n) is 1.68. The summed E-state index contributed by atoms with van der Waals surface area (Å²) < 4.78 is 10.0. The first-order chi connectivity index (χ1) is 12.1. The first kappa shape index (κ1) is 21.6. The number of amides is 1. The molecule has 1 aromatic carbocycles. The topological polar surface area (TPSA) is 100 Å². The molecule has 0 spiro atoms. The lowest BCUT2D eigenvalue weighted by Crippen LogP contribution is -2.42. The molecule has 0 aliphatic carbocycles. The second-order valence-electron chi connectivity index (χ2n) is 6.77. The molecule has 8 heteroatoms. The summed E-state index contributed by atoms with van der Waals surface area (Å²) in [5, 5.41) is 2.25. The van der Waals surface area contributed by atoms with Gasteiger partial charge in [-0.3, -0.25) is 9.59 Å². The lowest BCUT2D eigenvalue weighted by Gasteiger charge is -2.23. The van der Waals surface area contributed by atoms with Crippen molar-refractivity contribution in [3.8, 4) is 0 Å². The Morgan fingerprint density at radius 1 is 1.04 bits per heavy atom. The third-order valence-corrected chi connectivity index (χ3v) is 2.87. The Morgan fingerprint density at radius 2 is 1.69 bits per heavy atom. The van der Waals surface area contributed by atoms with E-state index in [1.165, 1.54) is 6.92 Å². The molecule has 0 saturated carbocycles. The summed E-state index contributed by atoms with van der Waals surface area (Å²) in [5.41, 5.74) is -1.34. The van der Waals surface area contributed by atoms with E-state index in [2.05, 4.69) is 5.32 Å². The number of alkyl carbamates (subject to hydrolysis) is 1. The minimum Gasteiger partial charge on any atom is -0.448 e. The molecule has 0 fully saturated rings. The van der Waals surface area contributed by atoms with Crippen LogP contribution in [0, 0.1) is 0 Å². The van der Waals surface area contributed by atoms with Gasteiger partial charge in [-0.05, 0) is 33.3 Å². The van der Waals surface area contributed by atoms with Crippen LogP contribution in [0.5, 0.6) is 0 Å². The molecule has 0 radical (unpaired) electrons. The van der Waals surface area contributed by atoms with E-state index in [0.29, 0.717) is 6.29 Å². The molecule has 0 heterocycles. The van der Waals surface area contributed by atoms with Gasteiger partial charge < -0.3 is 14.8 Å². The molecule has 0 aliphatic rings. The molecule has 1 aromatic rings. The number of nitrogens with one attached hydrogen (secondary N) is 1. The van der Waals surface area contributed by atoms with Crippen LogP contribution >= 0.6 is 0 Å². The van der Waals surface area contributed by atoms with E-state index in [4.69, 9.17) is 19.2 Å². The minimum absolute atomic E-state index is 0.184. The number of hydrogen-bond acceptors (Lipinski definition) is 7. The van der Waals surface area contributed by atoms with Crippen LogP contribution in [0.4, 0.5) is 4.79 Å². The van der Waals surface area contributed by atoms with Crippen molar-refractivity contribution in [1.29, 1.82) is 0 Å². The fraction of sp³-hybridized carbons (Fsp3) is 0.500. The Kier molecular flexibility index (Phi) is 8.21. The van der Waals surface area contributed by atoms with Gasteiger partial charge in [0.15, 0.2) is 11.9 Å². The smallest absolute Gasteiger partial charge is 0.408 e. The molecule has 144 valence electrons. The molecule has 0 aromatic heterocycles. The predicted octanol–water partition coefficient (Wildman–Crippen LogP) is 2.16. The number of benzene rings is 1. The van der Waals surface area contributed by atoms with Gasteiger partial charge in [0.05, 0.1) is 0 Å². The van der Waals surface area contributed by atoms with Crippen molar-refractivity contribution >= 4 is 18.3 Å². The molecule has 1 amide bonds. The number of hydrogen-bond donors (Lipinski definition) is 1. The summed E-state index contributed by atoms with van der Waals surface area (Å²) in [6, 6.07) is 9.29.